The molecule has 0 radical (unpaired) electrons. The Hall–Kier alpha value is -1.49. The van der Waals surface area contributed by atoms with Gasteiger partial charge in [0, 0.05) is 18.7 Å². The molecular formula is C12H13FN2OS. The van der Waals surface area contributed by atoms with E-state index in [0.29, 0.717) is 17.0 Å². The summed E-state index contributed by atoms with van der Waals surface area (Å²) in [6.07, 6.45) is 1.96. The van der Waals surface area contributed by atoms with Crippen LogP contribution in [0.4, 0.5) is 4.39 Å². The molecule has 0 unspecified atom stereocenters. The molecule has 3 nitrogen and oxygen atoms in total. The van der Waals surface area contributed by atoms with Crippen molar-refractivity contribution in [3.8, 4) is 17.0 Å². The van der Waals surface area contributed by atoms with Crippen molar-refractivity contribution < 1.29 is 9.13 Å². The zero-order valence-corrected chi connectivity index (χ0v) is 10.7. The predicted molar refractivity (Wildman–Crippen MR) is 66.9 cm³/mol. The Labute approximate surface area is 104 Å². The van der Waals surface area contributed by atoms with E-state index in [9.17, 15) is 4.39 Å². The first-order valence-electron chi connectivity index (χ1n) is 5.07. The highest BCUT2D eigenvalue weighted by molar-refractivity contribution is 7.98. The Morgan fingerprint density at radius 2 is 2.12 bits per heavy atom. The van der Waals surface area contributed by atoms with Gasteiger partial charge in [0.15, 0.2) is 0 Å². The standard InChI is InChI=1S/C12H13FN2OS/c1-15-12(17-3)7-11(14-15)9-5-4-8(16-2)6-10(9)13/h4-7H,1-3H3. The molecular weight excluding hydrogens is 239 g/mol. The average molecular weight is 252 g/mol. The lowest BCUT2D eigenvalue weighted by Crippen LogP contribution is -1.93. The Bertz CT molecular complexity index is 539. The van der Waals surface area contributed by atoms with E-state index in [1.807, 2.05) is 19.4 Å². The van der Waals surface area contributed by atoms with Crippen LogP contribution >= 0.6 is 11.8 Å². The van der Waals surface area contributed by atoms with E-state index < -0.39 is 0 Å². The van der Waals surface area contributed by atoms with Gasteiger partial charge in [0.25, 0.3) is 0 Å². The van der Waals surface area contributed by atoms with E-state index >= 15 is 0 Å². The molecule has 0 fully saturated rings. The topological polar surface area (TPSA) is 27.1 Å². The normalized spacial score (nSPS) is 10.6. The molecule has 0 atom stereocenters. The second-order valence-electron chi connectivity index (χ2n) is 3.54. The maximum atomic E-state index is 13.8. The number of hydrogen-bond acceptors (Lipinski definition) is 3. The first kappa shape index (κ1) is 12.0. The third kappa shape index (κ3) is 2.29. The number of methoxy groups -OCH3 is 1. The highest BCUT2D eigenvalue weighted by Gasteiger charge is 2.11. The molecule has 1 aromatic heterocycles. The van der Waals surface area contributed by atoms with Crippen LogP contribution in [0.5, 0.6) is 5.75 Å². The summed E-state index contributed by atoms with van der Waals surface area (Å²) < 4.78 is 20.5. The van der Waals surface area contributed by atoms with Gasteiger partial charge in [-0.05, 0) is 24.5 Å². The van der Waals surface area contributed by atoms with Gasteiger partial charge in [0.05, 0.1) is 17.8 Å². The average Bonchev–Trinajstić information content (AvgIpc) is 2.70. The predicted octanol–water partition coefficient (Wildman–Crippen LogP) is 2.96. The number of rotatable bonds is 3. The minimum Gasteiger partial charge on any atom is -0.497 e. The number of nitrogens with zero attached hydrogens (tertiary/aromatic N) is 2. The molecule has 90 valence electrons. The number of thioether (sulfide) groups is 1. The van der Waals surface area contributed by atoms with Crippen LogP contribution in [0, 0.1) is 5.82 Å². The minimum atomic E-state index is -0.324. The van der Waals surface area contributed by atoms with Gasteiger partial charge in [0.2, 0.25) is 0 Å². The van der Waals surface area contributed by atoms with Crippen LogP contribution in [-0.2, 0) is 7.05 Å². The highest BCUT2D eigenvalue weighted by atomic mass is 32.2. The highest BCUT2D eigenvalue weighted by Crippen LogP contribution is 2.27. The van der Waals surface area contributed by atoms with Gasteiger partial charge in [0.1, 0.15) is 11.6 Å². The maximum absolute atomic E-state index is 13.8. The molecule has 0 amide bonds. The van der Waals surface area contributed by atoms with E-state index in [4.69, 9.17) is 4.74 Å². The molecule has 0 saturated heterocycles. The summed E-state index contributed by atoms with van der Waals surface area (Å²) in [5.74, 6) is 0.183. The summed E-state index contributed by atoms with van der Waals surface area (Å²) in [5.41, 5.74) is 1.12. The zero-order valence-electron chi connectivity index (χ0n) is 9.90. The lowest BCUT2D eigenvalue weighted by atomic mass is 10.1. The van der Waals surface area contributed by atoms with E-state index in [2.05, 4.69) is 5.10 Å². The van der Waals surface area contributed by atoms with Gasteiger partial charge in [-0.25, -0.2) is 4.39 Å². The summed E-state index contributed by atoms with van der Waals surface area (Å²) in [6, 6.07) is 6.64. The summed E-state index contributed by atoms with van der Waals surface area (Å²) in [7, 11) is 3.36. The van der Waals surface area contributed by atoms with Crippen LogP contribution in [0.15, 0.2) is 29.3 Å². The number of benzene rings is 1. The largest absolute Gasteiger partial charge is 0.497 e. The van der Waals surface area contributed by atoms with Crippen LogP contribution in [-0.4, -0.2) is 23.1 Å². The third-order valence-electron chi connectivity index (χ3n) is 2.50. The fourth-order valence-electron chi connectivity index (χ4n) is 1.60. The quantitative estimate of drug-likeness (QED) is 0.786. The van der Waals surface area contributed by atoms with Crippen molar-refractivity contribution in [2.45, 2.75) is 5.03 Å². The molecule has 0 aliphatic carbocycles. The van der Waals surface area contributed by atoms with Crippen molar-refractivity contribution in [1.29, 1.82) is 0 Å². The summed E-state index contributed by atoms with van der Waals surface area (Å²) in [5, 5.41) is 5.28. The Kier molecular flexibility index (Phi) is 3.38. The molecule has 0 spiro atoms. The molecule has 1 heterocycles. The maximum Gasteiger partial charge on any atom is 0.136 e. The Morgan fingerprint density at radius 3 is 2.65 bits per heavy atom. The second kappa shape index (κ2) is 4.79. The van der Waals surface area contributed by atoms with Crippen molar-refractivity contribution in [2.24, 2.45) is 7.05 Å². The molecule has 0 N–H and O–H groups in total. The molecule has 0 saturated carbocycles. The first-order valence-corrected chi connectivity index (χ1v) is 6.30. The number of hydrogen-bond donors (Lipinski definition) is 0. The van der Waals surface area contributed by atoms with Crippen LogP contribution in [0.25, 0.3) is 11.3 Å². The van der Waals surface area contributed by atoms with Crippen LogP contribution in [0.2, 0.25) is 0 Å². The van der Waals surface area contributed by atoms with Crippen molar-refractivity contribution in [1.82, 2.24) is 9.78 Å². The zero-order chi connectivity index (χ0) is 12.4. The van der Waals surface area contributed by atoms with E-state index in [1.54, 1.807) is 28.6 Å². The van der Waals surface area contributed by atoms with Gasteiger partial charge in [-0.15, -0.1) is 11.8 Å². The Balaban J connectivity index is 2.45. The van der Waals surface area contributed by atoms with E-state index in [0.717, 1.165) is 5.03 Å². The SMILES string of the molecule is COc1ccc(-c2cc(SC)n(C)n2)c(F)c1. The lowest BCUT2D eigenvalue weighted by molar-refractivity contribution is 0.411. The number of aryl methyl sites for hydroxylation is 1. The van der Waals surface area contributed by atoms with Crippen molar-refractivity contribution >= 4 is 11.8 Å². The first-order chi connectivity index (χ1) is 8.15. The Morgan fingerprint density at radius 1 is 1.35 bits per heavy atom. The minimum absolute atomic E-state index is 0.324. The fraction of sp³-hybridized carbons (Fsp3) is 0.250. The van der Waals surface area contributed by atoms with Gasteiger partial charge in [-0.1, -0.05) is 0 Å². The molecule has 5 heteroatoms. The van der Waals surface area contributed by atoms with Crippen molar-refractivity contribution in [2.75, 3.05) is 13.4 Å². The molecule has 17 heavy (non-hydrogen) atoms. The molecule has 0 bridgehead atoms. The number of ether oxygens (including phenoxy) is 1. The molecule has 1 aromatic carbocycles. The summed E-state index contributed by atoms with van der Waals surface area (Å²) >= 11 is 1.58. The monoisotopic (exact) mass is 252 g/mol. The smallest absolute Gasteiger partial charge is 0.136 e. The van der Waals surface area contributed by atoms with Crippen LogP contribution in [0.3, 0.4) is 0 Å². The molecule has 0 aliphatic rings. The fourth-order valence-corrected chi connectivity index (χ4v) is 2.14. The molecule has 2 rings (SSSR count). The third-order valence-corrected chi connectivity index (χ3v) is 3.30. The van der Waals surface area contributed by atoms with E-state index in [1.165, 1.54) is 13.2 Å². The van der Waals surface area contributed by atoms with Gasteiger partial charge in [-0.2, -0.15) is 5.10 Å². The van der Waals surface area contributed by atoms with E-state index in [-0.39, 0.29) is 5.82 Å². The van der Waals surface area contributed by atoms with Crippen molar-refractivity contribution in [3.05, 3.63) is 30.1 Å². The molecule has 0 aliphatic heterocycles. The lowest BCUT2D eigenvalue weighted by Gasteiger charge is -2.02. The summed E-state index contributed by atoms with van der Waals surface area (Å²) in [6.45, 7) is 0. The number of aromatic nitrogens is 2. The van der Waals surface area contributed by atoms with Crippen molar-refractivity contribution in [3.63, 3.8) is 0 Å². The van der Waals surface area contributed by atoms with Gasteiger partial charge >= 0.3 is 0 Å². The van der Waals surface area contributed by atoms with Crippen LogP contribution < -0.4 is 4.74 Å². The second-order valence-corrected chi connectivity index (χ2v) is 4.37. The van der Waals surface area contributed by atoms with Crippen LogP contribution in [0.1, 0.15) is 0 Å². The number of halogens is 1. The van der Waals surface area contributed by atoms with Gasteiger partial charge in [-0.3, -0.25) is 4.68 Å². The van der Waals surface area contributed by atoms with Gasteiger partial charge < -0.3 is 4.74 Å². The molecule has 2 aromatic rings. The summed E-state index contributed by atoms with van der Waals surface area (Å²) in [4.78, 5) is 0.